The molecule has 0 saturated heterocycles. The van der Waals surface area contributed by atoms with Gasteiger partial charge in [0.2, 0.25) is 0 Å². The van der Waals surface area contributed by atoms with E-state index in [2.05, 4.69) is 24.0 Å². The fourth-order valence-electron chi connectivity index (χ4n) is 2.45. The third kappa shape index (κ3) is 33.5. The summed E-state index contributed by atoms with van der Waals surface area (Å²) in [6, 6.07) is 0. The summed E-state index contributed by atoms with van der Waals surface area (Å²) in [7, 11) is 3.81. The average Bonchev–Trinajstić information content (AvgIpc) is 2.72. The second kappa shape index (κ2) is 34.4. The topological polar surface area (TPSA) is 58.3 Å². The van der Waals surface area contributed by atoms with E-state index in [4.69, 9.17) is 10.6 Å². The Morgan fingerprint density at radius 3 is 2.11 bits per heavy atom. The summed E-state index contributed by atoms with van der Waals surface area (Å²) in [6.07, 6.45) is 22.3. The van der Waals surface area contributed by atoms with Gasteiger partial charge in [0.1, 0.15) is 0 Å². The normalized spacial score (nSPS) is 11.3. The number of nitrogens with two attached hydrogens (primary N) is 1. The van der Waals surface area contributed by atoms with Crippen LogP contribution in [0.5, 0.6) is 0 Å². The summed E-state index contributed by atoms with van der Waals surface area (Å²) >= 11 is 1.66. The summed E-state index contributed by atoms with van der Waals surface area (Å²) in [5, 5.41) is 2.75. The zero-order chi connectivity index (χ0) is 21.7. The Balaban J connectivity index is -0.00000113. The smallest absolute Gasteiger partial charge is 0.0704 e. The molecule has 0 aromatic rings. The summed E-state index contributed by atoms with van der Waals surface area (Å²) in [5.41, 5.74) is 6.99. The lowest BCUT2D eigenvalue weighted by Gasteiger charge is -2.04. The Labute approximate surface area is 182 Å². The van der Waals surface area contributed by atoms with Crippen molar-refractivity contribution in [3.05, 3.63) is 36.5 Å². The molecule has 0 radical (unpaired) electrons. The van der Waals surface area contributed by atoms with Gasteiger partial charge in [0.25, 0.3) is 0 Å². The summed E-state index contributed by atoms with van der Waals surface area (Å²) in [5.74, 6) is 1.11. The van der Waals surface area contributed by atoms with Gasteiger partial charge in [-0.05, 0) is 64.9 Å². The van der Waals surface area contributed by atoms with Gasteiger partial charge < -0.3 is 15.9 Å². The minimum atomic E-state index is 0.0595. The molecule has 168 valence electrons. The van der Waals surface area contributed by atoms with Crippen molar-refractivity contribution in [2.24, 2.45) is 5.73 Å². The molecular weight excluding hydrogens is 383 g/mol. The minimum Gasteiger partial charge on any atom is -0.366 e. The van der Waals surface area contributed by atoms with Crippen LogP contribution in [0, 0.1) is 0 Å². The quantitative estimate of drug-likeness (QED) is 0.132. The molecule has 4 N–H and O–H groups in total. The van der Waals surface area contributed by atoms with Gasteiger partial charge >= 0.3 is 0 Å². The van der Waals surface area contributed by atoms with Crippen molar-refractivity contribution in [3.63, 3.8) is 0 Å². The van der Waals surface area contributed by atoms with Crippen molar-refractivity contribution in [1.82, 2.24) is 5.32 Å². The molecule has 28 heavy (non-hydrogen) atoms. The summed E-state index contributed by atoms with van der Waals surface area (Å²) < 4.78 is 0. The molecule has 0 aromatic carbocycles. The molecule has 3 nitrogen and oxygen atoms in total. The van der Waals surface area contributed by atoms with E-state index in [0.717, 1.165) is 25.1 Å². The number of rotatable bonds is 17. The van der Waals surface area contributed by atoms with Crippen molar-refractivity contribution in [2.45, 2.75) is 84.5 Å². The largest absolute Gasteiger partial charge is 0.366 e. The van der Waals surface area contributed by atoms with Crippen molar-refractivity contribution >= 4 is 19.4 Å². The number of allylic oxidation sites excluding steroid dienone is 5. The van der Waals surface area contributed by atoms with Crippen molar-refractivity contribution in [3.8, 4) is 0 Å². The maximum atomic E-state index is 8.72. The van der Waals surface area contributed by atoms with Gasteiger partial charge in [0, 0.05) is 0 Å². The van der Waals surface area contributed by atoms with E-state index in [1.807, 2.05) is 40.1 Å². The third-order valence-corrected chi connectivity index (χ3v) is 5.41. The van der Waals surface area contributed by atoms with Gasteiger partial charge in [-0.25, -0.2) is 0 Å². The van der Waals surface area contributed by atoms with E-state index in [1.165, 1.54) is 63.4 Å². The Morgan fingerprint density at radius 2 is 1.57 bits per heavy atom. The number of unbranched alkanes of at least 4 members (excludes halogenated alkanes) is 8. The monoisotopic (exact) mass is 432 g/mol. The molecule has 5 heteroatoms. The first-order valence-electron chi connectivity index (χ1n) is 11.0. The van der Waals surface area contributed by atoms with Crippen LogP contribution in [-0.2, 0) is 0 Å². The number of nitrogens with one attached hydrogen (secondary N) is 1. The molecular formula is C23H49N2OPS. The molecule has 0 spiro atoms. The van der Waals surface area contributed by atoms with Crippen LogP contribution in [0.15, 0.2) is 36.5 Å². The van der Waals surface area contributed by atoms with Gasteiger partial charge in [-0.2, -0.15) is 0 Å². The third-order valence-electron chi connectivity index (χ3n) is 3.79. The zero-order valence-corrected chi connectivity index (χ0v) is 21.0. The van der Waals surface area contributed by atoms with Gasteiger partial charge in [0.15, 0.2) is 0 Å². The van der Waals surface area contributed by atoms with Crippen molar-refractivity contribution in [2.75, 3.05) is 26.4 Å². The second-order valence-corrected chi connectivity index (χ2v) is 8.62. The van der Waals surface area contributed by atoms with E-state index >= 15 is 0 Å². The molecule has 0 aliphatic heterocycles. The van der Waals surface area contributed by atoms with Crippen LogP contribution < -0.4 is 11.1 Å². The van der Waals surface area contributed by atoms with Gasteiger partial charge in [0.05, 0.1) is 8.01 Å². The lowest BCUT2D eigenvalue weighted by molar-refractivity contribution is 0.591. The fourth-order valence-corrected chi connectivity index (χ4v) is 3.60. The highest BCUT2D eigenvalue weighted by molar-refractivity contribution is 8.47. The number of hydrogen-bond donors (Lipinski definition) is 3. The summed E-state index contributed by atoms with van der Waals surface area (Å²) in [4.78, 5) is 8.72. The average molecular weight is 433 g/mol. The summed E-state index contributed by atoms with van der Waals surface area (Å²) in [6.45, 7) is 8.55. The fraction of sp³-hybridized carbons (Fsp3) is 0.739. The molecule has 0 rings (SSSR count). The Bertz CT molecular complexity index is 337. The predicted octanol–water partition coefficient (Wildman–Crippen LogP) is 7.00. The van der Waals surface area contributed by atoms with E-state index < -0.39 is 0 Å². The van der Waals surface area contributed by atoms with E-state index in [1.54, 1.807) is 11.4 Å². The van der Waals surface area contributed by atoms with Crippen molar-refractivity contribution < 1.29 is 4.89 Å². The Kier molecular flexibility index (Phi) is 40.0. The molecule has 0 bridgehead atoms. The van der Waals surface area contributed by atoms with E-state index in [-0.39, 0.29) is 8.01 Å². The lowest BCUT2D eigenvalue weighted by Crippen LogP contribution is -1.97. The first kappa shape index (κ1) is 32.5. The first-order chi connectivity index (χ1) is 13.8. The van der Waals surface area contributed by atoms with E-state index in [0.29, 0.717) is 0 Å². The van der Waals surface area contributed by atoms with Gasteiger partial charge in [-0.15, -0.1) is 11.4 Å². The Morgan fingerprint density at radius 1 is 1.00 bits per heavy atom. The minimum absolute atomic E-state index is 0.0595. The molecule has 0 aliphatic carbocycles. The molecule has 0 aliphatic rings. The molecule has 0 amide bonds. The van der Waals surface area contributed by atoms with Gasteiger partial charge in [-0.3, -0.25) is 0 Å². The van der Waals surface area contributed by atoms with Crippen LogP contribution >= 0.6 is 19.4 Å². The molecule has 0 heterocycles. The Hall–Kier alpha value is -0.120. The maximum absolute atomic E-state index is 8.72. The standard InChI is InChI=1S/C19H36NOPS.C2H7N.C2H6/c1-2-3-14-19(16-11-9-12-17-20)15-10-7-5-4-6-8-13-18-23-22-21;1-3-2;1-2/h2-3,14,16,21-22H,1,4-13,15,17-18,20H2;3H,1-2H3;1-2H3/b14-3-,19-16-;;. The maximum Gasteiger partial charge on any atom is 0.0704 e. The number of hydrogen-bond acceptors (Lipinski definition) is 4. The molecule has 0 saturated carbocycles. The first-order valence-corrected chi connectivity index (χ1v) is 13.7. The van der Waals surface area contributed by atoms with Crippen LogP contribution in [0.3, 0.4) is 0 Å². The SMILES string of the molecule is C=C/C=C\C(=C\CCCCN)CCCCCCCCCSPO.CC.CNC. The molecule has 1 atom stereocenters. The predicted molar refractivity (Wildman–Crippen MR) is 137 cm³/mol. The van der Waals surface area contributed by atoms with Crippen LogP contribution in [0.2, 0.25) is 0 Å². The van der Waals surface area contributed by atoms with Crippen LogP contribution in [-0.4, -0.2) is 31.3 Å². The molecule has 0 aromatic heterocycles. The van der Waals surface area contributed by atoms with Gasteiger partial charge in [-0.1, -0.05) is 82.4 Å². The molecule has 0 fully saturated rings. The van der Waals surface area contributed by atoms with Crippen LogP contribution in [0.4, 0.5) is 0 Å². The highest BCUT2D eigenvalue weighted by Gasteiger charge is 1.96. The second-order valence-electron chi connectivity index (χ2n) is 6.32. The molecule has 1 unspecified atom stereocenters. The van der Waals surface area contributed by atoms with Crippen molar-refractivity contribution in [1.29, 1.82) is 0 Å². The highest BCUT2D eigenvalue weighted by atomic mass is 32.7. The van der Waals surface area contributed by atoms with Crippen LogP contribution in [0.25, 0.3) is 0 Å². The highest BCUT2D eigenvalue weighted by Crippen LogP contribution is 2.25. The van der Waals surface area contributed by atoms with E-state index in [9.17, 15) is 0 Å². The zero-order valence-electron chi connectivity index (χ0n) is 19.1. The van der Waals surface area contributed by atoms with Crippen LogP contribution in [0.1, 0.15) is 84.5 Å². The lowest BCUT2D eigenvalue weighted by atomic mass is 10.0.